The molecule has 1 aromatic heterocycles. The molecule has 0 aliphatic carbocycles. The molecule has 0 aliphatic heterocycles. The van der Waals surface area contributed by atoms with Crippen molar-refractivity contribution in [2.75, 3.05) is 13.2 Å². The summed E-state index contributed by atoms with van der Waals surface area (Å²) in [5.41, 5.74) is 3.44. The van der Waals surface area contributed by atoms with Crippen LogP contribution in [0.15, 0.2) is 16.8 Å². The van der Waals surface area contributed by atoms with E-state index in [4.69, 9.17) is 9.47 Å². The van der Waals surface area contributed by atoms with Crippen LogP contribution in [0.25, 0.3) is 0 Å². The van der Waals surface area contributed by atoms with Crippen LogP contribution < -0.4 is 5.43 Å². The van der Waals surface area contributed by atoms with Crippen LogP contribution >= 0.6 is 11.3 Å². The van der Waals surface area contributed by atoms with Crippen LogP contribution in [0.1, 0.15) is 45.2 Å². The summed E-state index contributed by atoms with van der Waals surface area (Å²) >= 11 is 1.54. The fraction of sp³-hybridized carbons (Fsp3) is 0.571. The number of hydrogen-bond acceptors (Lipinski definition) is 5. The summed E-state index contributed by atoms with van der Waals surface area (Å²) in [5, 5.41) is 5.11. The smallest absolute Gasteiger partial charge is 0.429 e. The van der Waals surface area contributed by atoms with Crippen molar-refractivity contribution in [3.63, 3.8) is 0 Å². The molecule has 118 valence electrons. The number of hydrazine groups is 1. The SMILES string of the molecule is CCCC(c1ccsc1)N(NC(=O)OCC)C(=O)OCC. The molecular formula is C14H22N2O4S. The third-order valence-electron chi connectivity index (χ3n) is 2.75. The van der Waals surface area contributed by atoms with E-state index in [9.17, 15) is 9.59 Å². The van der Waals surface area contributed by atoms with E-state index in [0.717, 1.165) is 12.0 Å². The second-order valence-electron chi connectivity index (χ2n) is 4.26. The van der Waals surface area contributed by atoms with Crippen LogP contribution in [0.3, 0.4) is 0 Å². The van der Waals surface area contributed by atoms with Crippen molar-refractivity contribution in [1.29, 1.82) is 0 Å². The fourth-order valence-electron chi connectivity index (χ4n) is 1.89. The molecule has 1 unspecified atom stereocenters. The van der Waals surface area contributed by atoms with Gasteiger partial charge in [0.25, 0.3) is 0 Å². The van der Waals surface area contributed by atoms with Crippen molar-refractivity contribution >= 4 is 23.5 Å². The highest BCUT2D eigenvalue weighted by Crippen LogP contribution is 2.27. The maximum Gasteiger partial charge on any atom is 0.429 e. The van der Waals surface area contributed by atoms with Gasteiger partial charge in [-0.1, -0.05) is 13.3 Å². The van der Waals surface area contributed by atoms with Crippen LogP contribution in [-0.4, -0.2) is 30.4 Å². The van der Waals surface area contributed by atoms with E-state index in [1.165, 1.54) is 5.01 Å². The van der Waals surface area contributed by atoms with E-state index in [-0.39, 0.29) is 19.3 Å². The molecule has 0 saturated carbocycles. The van der Waals surface area contributed by atoms with E-state index in [0.29, 0.717) is 6.42 Å². The molecule has 0 aromatic carbocycles. The summed E-state index contributed by atoms with van der Waals surface area (Å²) in [4.78, 5) is 23.8. The Bertz CT molecular complexity index is 436. The lowest BCUT2D eigenvalue weighted by atomic mass is 10.1. The Morgan fingerprint density at radius 1 is 1.29 bits per heavy atom. The first-order chi connectivity index (χ1) is 10.1. The summed E-state index contributed by atoms with van der Waals surface area (Å²) in [5.74, 6) is 0. The number of nitrogens with one attached hydrogen (secondary N) is 1. The highest BCUT2D eigenvalue weighted by atomic mass is 32.1. The normalized spacial score (nSPS) is 11.6. The average Bonchev–Trinajstić information content (AvgIpc) is 2.97. The van der Waals surface area contributed by atoms with Crippen LogP contribution in [0, 0.1) is 0 Å². The molecule has 1 heterocycles. The zero-order chi connectivity index (χ0) is 15.7. The second-order valence-corrected chi connectivity index (χ2v) is 5.04. The van der Waals surface area contributed by atoms with Crippen molar-refractivity contribution < 1.29 is 19.1 Å². The molecule has 7 heteroatoms. The Morgan fingerprint density at radius 2 is 2.00 bits per heavy atom. The van der Waals surface area contributed by atoms with Gasteiger partial charge < -0.3 is 9.47 Å². The van der Waals surface area contributed by atoms with Gasteiger partial charge in [0.05, 0.1) is 19.3 Å². The van der Waals surface area contributed by atoms with Crippen LogP contribution in [0.2, 0.25) is 0 Å². The van der Waals surface area contributed by atoms with Crippen molar-refractivity contribution in [3.05, 3.63) is 22.4 Å². The Hall–Kier alpha value is -1.76. The van der Waals surface area contributed by atoms with E-state index in [1.807, 2.05) is 23.8 Å². The minimum atomic E-state index is -0.665. The van der Waals surface area contributed by atoms with E-state index in [2.05, 4.69) is 5.43 Å². The standard InChI is InChI=1S/C14H22N2O4S/c1-4-7-12(11-8-9-21-10-11)16(14(18)20-6-3)15-13(17)19-5-2/h8-10,12H,4-7H2,1-3H3,(H,15,17). The maximum absolute atomic E-state index is 12.1. The van der Waals surface area contributed by atoms with Gasteiger partial charge in [-0.05, 0) is 42.7 Å². The lowest BCUT2D eigenvalue weighted by Gasteiger charge is -2.30. The summed E-state index contributed by atoms with van der Waals surface area (Å²) in [6.07, 6.45) is 0.320. The van der Waals surface area contributed by atoms with Gasteiger partial charge in [-0.25, -0.2) is 20.0 Å². The van der Waals surface area contributed by atoms with Gasteiger partial charge >= 0.3 is 12.2 Å². The van der Waals surface area contributed by atoms with Gasteiger partial charge in [0.15, 0.2) is 0 Å². The quantitative estimate of drug-likeness (QED) is 0.813. The molecule has 2 amide bonds. The van der Waals surface area contributed by atoms with Crippen molar-refractivity contribution in [2.45, 2.75) is 39.7 Å². The molecule has 1 aromatic rings. The molecule has 6 nitrogen and oxygen atoms in total. The first-order valence-electron chi connectivity index (χ1n) is 7.05. The molecule has 1 atom stereocenters. The number of hydrogen-bond donors (Lipinski definition) is 1. The molecule has 0 fully saturated rings. The number of rotatable bonds is 6. The largest absolute Gasteiger partial charge is 0.449 e. The number of carbonyl (C=O) groups excluding carboxylic acids is 2. The molecule has 1 N–H and O–H groups in total. The molecule has 0 aliphatic rings. The highest BCUT2D eigenvalue weighted by Gasteiger charge is 2.28. The maximum atomic E-state index is 12.1. The molecule has 0 spiro atoms. The lowest BCUT2D eigenvalue weighted by Crippen LogP contribution is -2.48. The first-order valence-corrected chi connectivity index (χ1v) is 7.99. The Kier molecular flexibility index (Phi) is 7.60. The molecule has 0 bridgehead atoms. The predicted molar refractivity (Wildman–Crippen MR) is 81.0 cm³/mol. The molecular weight excluding hydrogens is 292 g/mol. The monoisotopic (exact) mass is 314 g/mol. The minimum Gasteiger partial charge on any atom is -0.449 e. The third-order valence-corrected chi connectivity index (χ3v) is 3.45. The van der Waals surface area contributed by atoms with Gasteiger partial charge in [-0.3, -0.25) is 0 Å². The first kappa shape index (κ1) is 17.3. The zero-order valence-electron chi connectivity index (χ0n) is 12.6. The van der Waals surface area contributed by atoms with Gasteiger partial charge in [0.2, 0.25) is 0 Å². The number of thiophene rings is 1. The highest BCUT2D eigenvalue weighted by molar-refractivity contribution is 7.07. The molecule has 0 saturated heterocycles. The predicted octanol–water partition coefficient (Wildman–Crippen LogP) is 3.71. The van der Waals surface area contributed by atoms with E-state index < -0.39 is 12.2 Å². The number of amides is 2. The van der Waals surface area contributed by atoms with Crippen LogP contribution in [0.5, 0.6) is 0 Å². The fourth-order valence-corrected chi connectivity index (χ4v) is 2.60. The van der Waals surface area contributed by atoms with E-state index in [1.54, 1.807) is 25.2 Å². The Labute approximate surface area is 129 Å². The van der Waals surface area contributed by atoms with Gasteiger partial charge in [-0.15, -0.1) is 0 Å². The zero-order valence-corrected chi connectivity index (χ0v) is 13.4. The molecule has 1 rings (SSSR count). The third kappa shape index (κ3) is 5.26. The van der Waals surface area contributed by atoms with Crippen LogP contribution in [-0.2, 0) is 9.47 Å². The molecule has 21 heavy (non-hydrogen) atoms. The Balaban J connectivity index is 2.94. The van der Waals surface area contributed by atoms with Gasteiger partial charge in [0.1, 0.15) is 0 Å². The lowest BCUT2D eigenvalue weighted by molar-refractivity contribution is 0.0526. The second kappa shape index (κ2) is 9.23. The number of carbonyl (C=O) groups is 2. The molecule has 0 radical (unpaired) electrons. The summed E-state index contributed by atoms with van der Waals surface area (Å²) in [7, 11) is 0. The van der Waals surface area contributed by atoms with E-state index >= 15 is 0 Å². The van der Waals surface area contributed by atoms with Gasteiger partial charge in [0, 0.05) is 0 Å². The van der Waals surface area contributed by atoms with Gasteiger partial charge in [-0.2, -0.15) is 11.3 Å². The Morgan fingerprint density at radius 3 is 2.52 bits per heavy atom. The topological polar surface area (TPSA) is 67.9 Å². The number of ether oxygens (including phenoxy) is 2. The number of nitrogens with zero attached hydrogens (tertiary/aromatic N) is 1. The van der Waals surface area contributed by atoms with Crippen molar-refractivity contribution in [2.24, 2.45) is 0 Å². The minimum absolute atomic E-state index is 0.236. The van der Waals surface area contributed by atoms with Crippen molar-refractivity contribution in [1.82, 2.24) is 10.4 Å². The average molecular weight is 314 g/mol. The summed E-state index contributed by atoms with van der Waals surface area (Å²) in [6.45, 7) is 5.92. The van der Waals surface area contributed by atoms with Crippen LogP contribution in [0.4, 0.5) is 9.59 Å². The summed E-state index contributed by atoms with van der Waals surface area (Å²) < 4.78 is 9.88. The van der Waals surface area contributed by atoms with Crippen molar-refractivity contribution in [3.8, 4) is 0 Å². The summed E-state index contributed by atoms with van der Waals surface area (Å²) in [6, 6.07) is 1.66.